The van der Waals surface area contributed by atoms with Crippen LogP contribution in [0.3, 0.4) is 0 Å². The third-order valence-electron chi connectivity index (χ3n) is 4.05. The number of non-ortho nitro benzene ring substituents is 1. The molecular formula is C17H18N2O5S. The van der Waals surface area contributed by atoms with Crippen LogP contribution in [0.2, 0.25) is 0 Å². The van der Waals surface area contributed by atoms with Gasteiger partial charge in [-0.25, -0.2) is 8.42 Å². The zero-order chi connectivity index (χ0) is 18.8. The average Bonchev–Trinajstić information content (AvgIpc) is 2.60. The van der Waals surface area contributed by atoms with Crippen LogP contribution in [0.25, 0.3) is 0 Å². The largest absolute Gasteiger partial charge is 0.295 e. The van der Waals surface area contributed by atoms with Crippen molar-refractivity contribution in [1.82, 2.24) is 4.31 Å². The lowest BCUT2D eigenvalue weighted by atomic mass is 10.1. The molecule has 8 heteroatoms. The average molecular weight is 362 g/mol. The lowest BCUT2D eigenvalue weighted by Crippen LogP contribution is -2.29. The van der Waals surface area contributed by atoms with Gasteiger partial charge in [0.15, 0.2) is 5.78 Å². The van der Waals surface area contributed by atoms with Crippen LogP contribution >= 0.6 is 0 Å². The number of Topliss-reactive ketones (excluding diaryl/α,β-unsaturated/α-hetero) is 1. The summed E-state index contributed by atoms with van der Waals surface area (Å²) in [6.45, 7) is 3.06. The summed E-state index contributed by atoms with van der Waals surface area (Å²) in [6.07, 6.45) is 0. The molecule has 7 nitrogen and oxygen atoms in total. The molecule has 0 bridgehead atoms. The molecule has 2 aromatic rings. The number of nitro benzene ring substituents is 1. The van der Waals surface area contributed by atoms with Crippen molar-refractivity contribution in [2.45, 2.75) is 24.8 Å². The molecule has 2 rings (SSSR count). The molecule has 0 aliphatic heterocycles. The fraction of sp³-hybridized carbons (Fsp3) is 0.235. The van der Waals surface area contributed by atoms with E-state index in [1.165, 1.54) is 56.4 Å². The molecule has 0 radical (unpaired) electrons. The van der Waals surface area contributed by atoms with E-state index in [1.54, 1.807) is 13.0 Å². The second-order valence-corrected chi connectivity index (χ2v) is 7.63. The van der Waals surface area contributed by atoms with Crippen LogP contribution in [0.5, 0.6) is 0 Å². The standard InChI is InChI=1S/C17H18N2O5S/c1-12(15-5-4-6-16(11-15)19(21)22)18(3)25(23,24)17-9-7-14(8-10-17)13(2)20/h4-12H,1-3H3/t12-/m1/s1. The number of nitro groups is 1. The minimum Gasteiger partial charge on any atom is -0.295 e. The third kappa shape index (κ3) is 3.92. The number of carbonyl (C=O) groups excluding carboxylic acids is 1. The summed E-state index contributed by atoms with van der Waals surface area (Å²) in [5.41, 5.74) is 0.843. The van der Waals surface area contributed by atoms with Crippen molar-refractivity contribution >= 4 is 21.5 Å². The molecule has 0 unspecified atom stereocenters. The van der Waals surface area contributed by atoms with Crippen molar-refractivity contribution in [2.75, 3.05) is 7.05 Å². The highest BCUT2D eigenvalue weighted by molar-refractivity contribution is 7.89. The number of hydrogen-bond donors (Lipinski definition) is 0. The van der Waals surface area contributed by atoms with Crippen LogP contribution in [-0.4, -0.2) is 30.5 Å². The first kappa shape index (κ1) is 18.8. The van der Waals surface area contributed by atoms with Crippen molar-refractivity contribution in [1.29, 1.82) is 0 Å². The number of carbonyl (C=O) groups is 1. The molecule has 0 fully saturated rings. The molecular weight excluding hydrogens is 344 g/mol. The van der Waals surface area contributed by atoms with E-state index in [2.05, 4.69) is 0 Å². The smallest absolute Gasteiger partial charge is 0.269 e. The van der Waals surface area contributed by atoms with Gasteiger partial charge in [0.05, 0.1) is 9.82 Å². The van der Waals surface area contributed by atoms with Crippen LogP contribution in [-0.2, 0) is 10.0 Å². The van der Waals surface area contributed by atoms with Gasteiger partial charge in [-0.3, -0.25) is 14.9 Å². The van der Waals surface area contributed by atoms with E-state index in [-0.39, 0.29) is 16.4 Å². The Balaban J connectivity index is 2.34. The highest BCUT2D eigenvalue weighted by Crippen LogP contribution is 2.28. The zero-order valence-corrected chi connectivity index (χ0v) is 14.9. The minimum atomic E-state index is -3.81. The molecule has 2 aromatic carbocycles. The molecule has 0 spiro atoms. The number of benzene rings is 2. The Morgan fingerprint density at radius 1 is 1.16 bits per heavy atom. The molecule has 1 atom stereocenters. The Bertz CT molecular complexity index is 907. The van der Waals surface area contributed by atoms with E-state index in [4.69, 9.17) is 0 Å². The Hall–Kier alpha value is -2.58. The Morgan fingerprint density at radius 2 is 1.76 bits per heavy atom. The van der Waals surface area contributed by atoms with Gasteiger partial charge in [0.2, 0.25) is 10.0 Å². The maximum atomic E-state index is 12.8. The Morgan fingerprint density at radius 3 is 2.28 bits per heavy atom. The lowest BCUT2D eigenvalue weighted by molar-refractivity contribution is -0.384. The van der Waals surface area contributed by atoms with Crippen LogP contribution in [0.15, 0.2) is 53.4 Å². The van der Waals surface area contributed by atoms with Crippen LogP contribution in [0.1, 0.15) is 35.8 Å². The van der Waals surface area contributed by atoms with Crippen molar-refractivity contribution < 1.29 is 18.1 Å². The van der Waals surface area contributed by atoms with Crippen molar-refractivity contribution in [3.8, 4) is 0 Å². The summed E-state index contributed by atoms with van der Waals surface area (Å²) in [5, 5.41) is 10.9. The molecule has 0 saturated heterocycles. The Labute approximate surface area is 146 Å². The summed E-state index contributed by atoms with van der Waals surface area (Å²) in [5.74, 6) is -0.151. The zero-order valence-electron chi connectivity index (χ0n) is 14.0. The van der Waals surface area contributed by atoms with Crippen molar-refractivity contribution in [2.24, 2.45) is 0 Å². The molecule has 0 aliphatic carbocycles. The monoisotopic (exact) mass is 362 g/mol. The Kier molecular flexibility index (Phi) is 5.34. The third-order valence-corrected chi connectivity index (χ3v) is 5.99. The first-order valence-corrected chi connectivity index (χ1v) is 8.92. The molecule has 25 heavy (non-hydrogen) atoms. The normalized spacial score (nSPS) is 12.8. The van der Waals surface area contributed by atoms with Gasteiger partial charge < -0.3 is 0 Å². The van der Waals surface area contributed by atoms with Gasteiger partial charge in [-0.15, -0.1) is 0 Å². The van der Waals surface area contributed by atoms with Gasteiger partial charge in [0, 0.05) is 30.8 Å². The molecule has 0 heterocycles. The molecule has 0 aliphatic rings. The van der Waals surface area contributed by atoms with Gasteiger partial charge in [0.1, 0.15) is 0 Å². The first-order chi connectivity index (χ1) is 11.6. The van der Waals surface area contributed by atoms with E-state index in [0.717, 1.165) is 4.31 Å². The van der Waals surface area contributed by atoms with E-state index >= 15 is 0 Å². The second-order valence-electron chi connectivity index (χ2n) is 5.63. The van der Waals surface area contributed by atoms with E-state index in [0.29, 0.717) is 11.1 Å². The maximum absolute atomic E-state index is 12.8. The van der Waals surface area contributed by atoms with Crippen LogP contribution in [0.4, 0.5) is 5.69 Å². The summed E-state index contributed by atoms with van der Waals surface area (Å²) in [7, 11) is -2.40. The minimum absolute atomic E-state index is 0.0530. The number of nitrogens with zero attached hydrogens (tertiary/aromatic N) is 2. The van der Waals surface area contributed by atoms with Gasteiger partial charge in [-0.1, -0.05) is 24.3 Å². The number of hydrogen-bond acceptors (Lipinski definition) is 5. The number of rotatable bonds is 6. The maximum Gasteiger partial charge on any atom is 0.269 e. The summed E-state index contributed by atoms with van der Waals surface area (Å²) in [4.78, 5) is 21.7. The fourth-order valence-electron chi connectivity index (χ4n) is 2.34. The summed E-state index contributed by atoms with van der Waals surface area (Å²) in [6, 6.07) is 10.9. The number of sulfonamides is 1. The first-order valence-electron chi connectivity index (χ1n) is 7.48. The van der Waals surface area contributed by atoms with Crippen molar-refractivity contribution in [3.05, 3.63) is 69.8 Å². The number of ketones is 1. The second kappa shape index (κ2) is 7.12. The van der Waals surface area contributed by atoms with Gasteiger partial charge in [-0.2, -0.15) is 4.31 Å². The molecule has 0 aromatic heterocycles. The highest BCUT2D eigenvalue weighted by atomic mass is 32.2. The SMILES string of the molecule is CC(=O)c1ccc(S(=O)(=O)N(C)[C@H](C)c2cccc([N+](=O)[O-])c2)cc1. The van der Waals surface area contributed by atoms with Crippen molar-refractivity contribution in [3.63, 3.8) is 0 Å². The highest BCUT2D eigenvalue weighted by Gasteiger charge is 2.27. The molecule has 0 amide bonds. The summed E-state index contributed by atoms with van der Waals surface area (Å²) < 4.78 is 26.7. The fourth-order valence-corrected chi connectivity index (χ4v) is 3.69. The van der Waals surface area contributed by atoms with E-state index < -0.39 is 21.0 Å². The topological polar surface area (TPSA) is 97.6 Å². The van der Waals surface area contributed by atoms with Gasteiger partial charge >= 0.3 is 0 Å². The van der Waals surface area contributed by atoms with E-state index in [9.17, 15) is 23.3 Å². The van der Waals surface area contributed by atoms with Gasteiger partial charge in [0.25, 0.3) is 5.69 Å². The van der Waals surface area contributed by atoms with Gasteiger partial charge in [-0.05, 0) is 31.5 Å². The molecule has 0 saturated carbocycles. The molecule has 132 valence electrons. The van der Waals surface area contributed by atoms with E-state index in [1.807, 2.05) is 0 Å². The van der Waals surface area contributed by atoms with Crippen LogP contribution in [0, 0.1) is 10.1 Å². The van der Waals surface area contributed by atoms with Crippen LogP contribution < -0.4 is 0 Å². The molecule has 0 N–H and O–H groups in total. The lowest BCUT2D eigenvalue weighted by Gasteiger charge is -2.24. The summed E-state index contributed by atoms with van der Waals surface area (Å²) >= 11 is 0. The predicted octanol–water partition coefficient (Wildman–Crippen LogP) is 3.18. The quantitative estimate of drug-likeness (QED) is 0.446. The predicted molar refractivity (Wildman–Crippen MR) is 92.9 cm³/mol.